The van der Waals surface area contributed by atoms with Gasteiger partial charge in [0.2, 0.25) is 0 Å². The van der Waals surface area contributed by atoms with Gasteiger partial charge >= 0.3 is 0 Å². The molecular weight excluding hydrogens is 434 g/mol. The van der Waals surface area contributed by atoms with Crippen LogP contribution < -0.4 is 9.47 Å². The van der Waals surface area contributed by atoms with Crippen LogP contribution in [0.2, 0.25) is 5.02 Å². The van der Waals surface area contributed by atoms with E-state index in [0.717, 1.165) is 0 Å². The van der Waals surface area contributed by atoms with Gasteiger partial charge in [-0.05, 0) is 49.7 Å². The zero-order valence-electron chi connectivity index (χ0n) is 18.4. The Morgan fingerprint density at radius 1 is 1.09 bits per heavy atom. The molecule has 32 heavy (non-hydrogen) atoms. The molecule has 2 aromatic carbocycles. The summed E-state index contributed by atoms with van der Waals surface area (Å²) >= 11 is 6.21. The maximum absolute atomic E-state index is 13.0. The van der Waals surface area contributed by atoms with Crippen molar-refractivity contribution < 1.29 is 28.9 Å². The standard InChI is InChI=1S/C24H26ClNO6/c1-14(2)32-12-11-26-21(15-5-8-17(30-3)9-6-15)20(23(28)24(26)29)22(27)16-7-10-19(31-4)18(25)13-16/h5-10,13-14,21,27H,11-12H2,1-4H3/b22-20-. The molecule has 1 aliphatic rings. The van der Waals surface area contributed by atoms with Crippen molar-refractivity contribution in [1.29, 1.82) is 0 Å². The second-order valence-corrected chi connectivity index (χ2v) is 7.94. The van der Waals surface area contributed by atoms with Crippen LogP contribution in [0, 0.1) is 0 Å². The molecule has 0 radical (unpaired) electrons. The molecule has 0 bridgehead atoms. The van der Waals surface area contributed by atoms with E-state index in [1.54, 1.807) is 43.5 Å². The lowest BCUT2D eigenvalue weighted by molar-refractivity contribution is -0.140. The summed E-state index contributed by atoms with van der Waals surface area (Å²) < 4.78 is 16.0. The number of rotatable bonds is 8. The number of likely N-dealkylation sites (tertiary alicyclic amines) is 1. The summed E-state index contributed by atoms with van der Waals surface area (Å²) in [5.74, 6) is -0.697. The number of hydrogen-bond acceptors (Lipinski definition) is 6. The third-order valence-electron chi connectivity index (χ3n) is 5.18. The van der Waals surface area contributed by atoms with Crippen molar-refractivity contribution >= 4 is 29.1 Å². The Morgan fingerprint density at radius 2 is 1.78 bits per heavy atom. The van der Waals surface area contributed by atoms with Gasteiger partial charge in [-0.3, -0.25) is 9.59 Å². The fraction of sp³-hybridized carbons (Fsp3) is 0.333. The molecule has 1 saturated heterocycles. The Hall–Kier alpha value is -3.03. The Bertz CT molecular complexity index is 1030. The monoisotopic (exact) mass is 459 g/mol. The fourth-order valence-corrected chi connectivity index (χ4v) is 3.86. The Kier molecular flexibility index (Phi) is 7.43. The van der Waals surface area contributed by atoms with Gasteiger partial charge in [-0.1, -0.05) is 23.7 Å². The summed E-state index contributed by atoms with van der Waals surface area (Å²) in [7, 11) is 3.03. The van der Waals surface area contributed by atoms with Crippen molar-refractivity contribution in [1.82, 2.24) is 4.90 Å². The molecule has 1 unspecified atom stereocenters. The highest BCUT2D eigenvalue weighted by atomic mass is 35.5. The van der Waals surface area contributed by atoms with E-state index in [1.165, 1.54) is 18.1 Å². The first-order valence-corrected chi connectivity index (χ1v) is 10.5. The minimum absolute atomic E-state index is 0.00838. The van der Waals surface area contributed by atoms with E-state index in [-0.39, 0.29) is 35.6 Å². The number of carbonyl (C=O) groups is 2. The highest BCUT2D eigenvalue weighted by Crippen LogP contribution is 2.40. The quantitative estimate of drug-likeness (QED) is 0.361. The van der Waals surface area contributed by atoms with Gasteiger partial charge < -0.3 is 24.2 Å². The molecule has 0 aliphatic carbocycles. The molecule has 1 atom stereocenters. The normalized spacial score (nSPS) is 17.8. The molecule has 1 heterocycles. The van der Waals surface area contributed by atoms with E-state index in [0.29, 0.717) is 22.6 Å². The number of halogens is 1. The van der Waals surface area contributed by atoms with Gasteiger partial charge in [0.05, 0.1) is 43.6 Å². The summed E-state index contributed by atoms with van der Waals surface area (Å²) in [4.78, 5) is 27.3. The second kappa shape index (κ2) is 10.1. The molecule has 0 spiro atoms. The molecule has 1 aliphatic heterocycles. The van der Waals surface area contributed by atoms with E-state index >= 15 is 0 Å². The number of aliphatic hydroxyl groups excluding tert-OH is 1. The van der Waals surface area contributed by atoms with Crippen LogP contribution in [0.15, 0.2) is 48.0 Å². The SMILES string of the molecule is COc1ccc(C2/C(=C(/O)c3ccc(OC)c(Cl)c3)C(=O)C(=O)N2CCOC(C)C)cc1. The first-order valence-electron chi connectivity index (χ1n) is 10.2. The van der Waals surface area contributed by atoms with Crippen LogP contribution in [-0.2, 0) is 14.3 Å². The van der Waals surface area contributed by atoms with Gasteiger partial charge in [-0.2, -0.15) is 0 Å². The topological polar surface area (TPSA) is 85.3 Å². The minimum Gasteiger partial charge on any atom is -0.507 e. The van der Waals surface area contributed by atoms with Gasteiger partial charge in [0.25, 0.3) is 11.7 Å². The smallest absolute Gasteiger partial charge is 0.295 e. The molecular formula is C24H26ClNO6. The molecule has 1 fully saturated rings. The number of benzene rings is 2. The van der Waals surface area contributed by atoms with Gasteiger partial charge in [0.15, 0.2) is 0 Å². The molecule has 0 saturated carbocycles. The predicted octanol–water partition coefficient (Wildman–Crippen LogP) is 4.20. The number of amides is 1. The largest absolute Gasteiger partial charge is 0.507 e. The van der Waals surface area contributed by atoms with E-state index in [9.17, 15) is 14.7 Å². The van der Waals surface area contributed by atoms with Crippen LogP contribution in [0.3, 0.4) is 0 Å². The number of methoxy groups -OCH3 is 2. The van der Waals surface area contributed by atoms with E-state index < -0.39 is 17.7 Å². The Balaban J connectivity index is 2.10. The van der Waals surface area contributed by atoms with Crippen molar-refractivity contribution in [2.45, 2.75) is 26.0 Å². The molecule has 1 N–H and O–H groups in total. The Labute approximate surface area is 192 Å². The van der Waals surface area contributed by atoms with Gasteiger partial charge in [0.1, 0.15) is 17.3 Å². The molecule has 0 aromatic heterocycles. The van der Waals surface area contributed by atoms with E-state index in [4.69, 9.17) is 25.8 Å². The van der Waals surface area contributed by atoms with Crippen LogP contribution in [0.1, 0.15) is 31.0 Å². The summed E-state index contributed by atoms with van der Waals surface area (Å²) in [5, 5.41) is 11.4. The maximum atomic E-state index is 13.0. The molecule has 1 amide bonds. The molecule has 7 nitrogen and oxygen atoms in total. The number of carbonyl (C=O) groups excluding carboxylic acids is 2. The van der Waals surface area contributed by atoms with Gasteiger partial charge in [-0.15, -0.1) is 0 Å². The average molecular weight is 460 g/mol. The fourth-order valence-electron chi connectivity index (χ4n) is 3.60. The van der Waals surface area contributed by atoms with Crippen molar-refractivity contribution in [2.75, 3.05) is 27.4 Å². The average Bonchev–Trinajstić information content (AvgIpc) is 3.03. The predicted molar refractivity (Wildman–Crippen MR) is 121 cm³/mol. The summed E-state index contributed by atoms with van der Waals surface area (Å²) in [6, 6.07) is 10.9. The Morgan fingerprint density at radius 3 is 2.34 bits per heavy atom. The second-order valence-electron chi connectivity index (χ2n) is 7.53. The lowest BCUT2D eigenvalue weighted by Gasteiger charge is -2.25. The number of ketones is 1. The highest BCUT2D eigenvalue weighted by molar-refractivity contribution is 6.46. The summed E-state index contributed by atoms with van der Waals surface area (Å²) in [6.07, 6.45) is -0.0206. The van der Waals surface area contributed by atoms with Crippen LogP contribution in [0.25, 0.3) is 5.76 Å². The van der Waals surface area contributed by atoms with E-state index in [1.807, 2.05) is 13.8 Å². The lowest BCUT2D eigenvalue weighted by Crippen LogP contribution is -2.33. The molecule has 3 rings (SSSR count). The van der Waals surface area contributed by atoms with Crippen LogP contribution >= 0.6 is 11.6 Å². The first-order chi connectivity index (χ1) is 15.3. The number of ether oxygens (including phenoxy) is 3. The number of Topliss-reactive ketones (excluding diaryl/α,β-unsaturated/α-hetero) is 1. The van der Waals surface area contributed by atoms with Crippen LogP contribution in [0.4, 0.5) is 0 Å². The third-order valence-corrected chi connectivity index (χ3v) is 5.48. The van der Waals surface area contributed by atoms with Crippen molar-refractivity contribution in [3.05, 3.63) is 64.2 Å². The van der Waals surface area contributed by atoms with Crippen molar-refractivity contribution in [3.8, 4) is 11.5 Å². The zero-order chi connectivity index (χ0) is 23.4. The minimum atomic E-state index is -0.780. The van der Waals surface area contributed by atoms with E-state index in [2.05, 4.69) is 0 Å². The van der Waals surface area contributed by atoms with Gasteiger partial charge in [-0.25, -0.2) is 0 Å². The zero-order valence-corrected chi connectivity index (χ0v) is 19.2. The highest BCUT2D eigenvalue weighted by Gasteiger charge is 2.46. The van der Waals surface area contributed by atoms with Crippen LogP contribution in [0.5, 0.6) is 11.5 Å². The van der Waals surface area contributed by atoms with Crippen LogP contribution in [-0.4, -0.2) is 55.2 Å². The molecule has 170 valence electrons. The van der Waals surface area contributed by atoms with Crippen molar-refractivity contribution in [2.24, 2.45) is 0 Å². The summed E-state index contributed by atoms with van der Waals surface area (Å²) in [6.45, 7) is 4.23. The third kappa shape index (κ3) is 4.74. The molecule has 8 heteroatoms. The number of nitrogens with zero attached hydrogens (tertiary/aromatic N) is 1. The maximum Gasteiger partial charge on any atom is 0.295 e. The lowest BCUT2D eigenvalue weighted by atomic mass is 9.95. The first kappa shape index (κ1) is 23.6. The molecule has 2 aromatic rings. The van der Waals surface area contributed by atoms with Gasteiger partial charge in [0, 0.05) is 12.1 Å². The number of aliphatic hydroxyl groups is 1. The summed E-state index contributed by atoms with van der Waals surface area (Å²) in [5.41, 5.74) is 0.965. The number of hydrogen-bond donors (Lipinski definition) is 1. The van der Waals surface area contributed by atoms with Crippen molar-refractivity contribution in [3.63, 3.8) is 0 Å².